The third-order valence-electron chi connectivity index (χ3n) is 2.34. The van der Waals surface area contributed by atoms with Crippen LogP contribution in [0.2, 0.25) is 0 Å². The molecule has 0 aromatic rings. The van der Waals surface area contributed by atoms with Crippen molar-refractivity contribution in [3.05, 3.63) is 24.9 Å². The Hall–Kier alpha value is -1.82. The smallest absolute Gasteiger partial charge is 0.347 e. The van der Waals surface area contributed by atoms with E-state index in [2.05, 4.69) is 11.9 Å². The quantitative estimate of drug-likeness (QED) is 0.351. The molecule has 2 atom stereocenters. The van der Waals surface area contributed by atoms with Gasteiger partial charge in [0, 0.05) is 6.04 Å². The maximum atomic E-state index is 11.5. The molecule has 0 fully saturated rings. The monoisotopic (exact) mass is 284 g/mol. The Morgan fingerprint density at radius 1 is 1.45 bits per heavy atom. The lowest BCUT2D eigenvalue weighted by Crippen LogP contribution is -2.30. The molecule has 6 heteroatoms. The van der Waals surface area contributed by atoms with Gasteiger partial charge in [-0.1, -0.05) is 19.4 Å². The van der Waals surface area contributed by atoms with E-state index in [0.717, 1.165) is 12.8 Å². The summed E-state index contributed by atoms with van der Waals surface area (Å²) >= 11 is 0. The van der Waals surface area contributed by atoms with Crippen LogP contribution in [0.5, 0.6) is 0 Å². The highest BCUT2D eigenvalue weighted by molar-refractivity contribution is 5.79. The molecule has 0 spiro atoms. The van der Waals surface area contributed by atoms with E-state index in [4.69, 9.17) is 15.2 Å². The molecular weight excluding hydrogens is 260 g/mol. The van der Waals surface area contributed by atoms with E-state index in [0.29, 0.717) is 6.61 Å². The minimum Gasteiger partial charge on any atom is -0.463 e. The van der Waals surface area contributed by atoms with Gasteiger partial charge < -0.3 is 20.5 Å². The summed E-state index contributed by atoms with van der Waals surface area (Å²) in [7, 11) is 0. The van der Waals surface area contributed by atoms with Gasteiger partial charge in [-0.05, 0) is 25.6 Å². The van der Waals surface area contributed by atoms with Crippen molar-refractivity contribution >= 4 is 11.9 Å². The second kappa shape index (κ2) is 11.0. The third kappa shape index (κ3) is 9.16. The Bertz CT molecular complexity index is 342. The molecule has 0 radical (unpaired) electrons. The van der Waals surface area contributed by atoms with Crippen molar-refractivity contribution in [2.24, 2.45) is 5.73 Å². The molecule has 114 valence electrons. The lowest BCUT2D eigenvalue weighted by molar-refractivity contribution is -0.166. The molecule has 2 unspecified atom stereocenters. The van der Waals surface area contributed by atoms with E-state index < -0.39 is 18.0 Å². The number of unbranched alkanes of at least 4 members (excludes halogenated alkanes) is 1. The van der Waals surface area contributed by atoms with Crippen molar-refractivity contribution < 1.29 is 19.1 Å². The van der Waals surface area contributed by atoms with Crippen LogP contribution in [0.3, 0.4) is 0 Å². The lowest BCUT2D eigenvalue weighted by atomic mass is 10.3. The Morgan fingerprint density at radius 2 is 2.15 bits per heavy atom. The Kier molecular flexibility index (Phi) is 10.0. The first-order valence-electron chi connectivity index (χ1n) is 6.65. The van der Waals surface area contributed by atoms with Crippen LogP contribution >= 0.6 is 0 Å². The van der Waals surface area contributed by atoms with Crippen LogP contribution in [0.25, 0.3) is 0 Å². The number of carbonyl (C=O) groups excluding carboxylic acids is 2. The summed E-state index contributed by atoms with van der Waals surface area (Å²) in [5, 5.41) is 2.71. The number of nitrogens with one attached hydrogen (secondary N) is 1. The summed E-state index contributed by atoms with van der Waals surface area (Å²) in [6, 6.07) is -0.272. The van der Waals surface area contributed by atoms with Crippen LogP contribution in [0, 0.1) is 0 Å². The van der Waals surface area contributed by atoms with Crippen LogP contribution in [0.1, 0.15) is 26.7 Å². The van der Waals surface area contributed by atoms with Gasteiger partial charge in [0.15, 0.2) is 6.10 Å². The molecule has 20 heavy (non-hydrogen) atoms. The summed E-state index contributed by atoms with van der Waals surface area (Å²) in [5.74, 6) is -1.07. The second-order valence-corrected chi connectivity index (χ2v) is 4.21. The number of rotatable bonds is 10. The van der Waals surface area contributed by atoms with Gasteiger partial charge in [-0.25, -0.2) is 4.79 Å². The number of esters is 2. The van der Waals surface area contributed by atoms with Gasteiger partial charge in [0.05, 0.1) is 6.61 Å². The van der Waals surface area contributed by atoms with Gasteiger partial charge in [-0.3, -0.25) is 4.79 Å². The summed E-state index contributed by atoms with van der Waals surface area (Å²) < 4.78 is 9.85. The SMILES string of the molecule is C=CC(N)/C=C\NCC(=O)OC(C)C(=O)OCCCC. The zero-order valence-electron chi connectivity index (χ0n) is 12.1. The Balaban J connectivity index is 3.86. The fourth-order valence-corrected chi connectivity index (χ4v) is 1.12. The first kappa shape index (κ1) is 18.2. The maximum absolute atomic E-state index is 11.5. The van der Waals surface area contributed by atoms with E-state index in [1.807, 2.05) is 6.92 Å². The molecule has 0 heterocycles. The fourth-order valence-electron chi connectivity index (χ4n) is 1.12. The molecule has 3 N–H and O–H groups in total. The Labute approximate surface area is 120 Å². The fraction of sp³-hybridized carbons (Fsp3) is 0.571. The molecule has 6 nitrogen and oxygen atoms in total. The number of carbonyl (C=O) groups is 2. The third-order valence-corrected chi connectivity index (χ3v) is 2.34. The average Bonchev–Trinajstić information content (AvgIpc) is 2.43. The van der Waals surface area contributed by atoms with E-state index >= 15 is 0 Å². The molecule has 0 saturated carbocycles. The van der Waals surface area contributed by atoms with Crippen molar-refractivity contribution in [1.29, 1.82) is 0 Å². The van der Waals surface area contributed by atoms with Gasteiger partial charge in [0.25, 0.3) is 0 Å². The first-order chi connectivity index (χ1) is 9.51. The van der Waals surface area contributed by atoms with E-state index in [1.54, 1.807) is 12.2 Å². The molecule has 0 aromatic heterocycles. The first-order valence-corrected chi connectivity index (χ1v) is 6.65. The summed E-state index contributed by atoms with van der Waals surface area (Å²) in [6.07, 6.45) is 5.57. The summed E-state index contributed by atoms with van der Waals surface area (Å²) in [4.78, 5) is 22.9. The van der Waals surface area contributed by atoms with Crippen molar-refractivity contribution in [1.82, 2.24) is 5.32 Å². The van der Waals surface area contributed by atoms with Crippen molar-refractivity contribution in [2.45, 2.75) is 38.8 Å². The Morgan fingerprint density at radius 3 is 2.75 bits per heavy atom. The topological polar surface area (TPSA) is 90.6 Å². The molecular formula is C14H24N2O4. The van der Waals surface area contributed by atoms with E-state index in [-0.39, 0.29) is 12.6 Å². The molecule has 0 aromatic carbocycles. The zero-order chi connectivity index (χ0) is 15.4. The van der Waals surface area contributed by atoms with Crippen LogP contribution in [-0.4, -0.2) is 37.2 Å². The molecule has 0 rings (SSSR count). The number of hydrogen-bond donors (Lipinski definition) is 2. The van der Waals surface area contributed by atoms with E-state index in [9.17, 15) is 9.59 Å². The van der Waals surface area contributed by atoms with Crippen LogP contribution in [0.15, 0.2) is 24.9 Å². The zero-order valence-corrected chi connectivity index (χ0v) is 12.1. The van der Waals surface area contributed by atoms with Crippen molar-refractivity contribution in [3.8, 4) is 0 Å². The van der Waals surface area contributed by atoms with Crippen molar-refractivity contribution in [2.75, 3.05) is 13.2 Å². The highest BCUT2D eigenvalue weighted by Gasteiger charge is 2.18. The normalized spacial score (nSPS) is 13.6. The number of hydrogen-bond acceptors (Lipinski definition) is 6. The highest BCUT2D eigenvalue weighted by Crippen LogP contribution is 1.97. The van der Waals surface area contributed by atoms with Crippen LogP contribution in [-0.2, 0) is 19.1 Å². The van der Waals surface area contributed by atoms with Gasteiger partial charge in [-0.15, -0.1) is 6.58 Å². The summed E-state index contributed by atoms with van der Waals surface area (Å²) in [6.45, 7) is 7.29. The predicted octanol–water partition coefficient (Wildman–Crippen LogP) is 0.878. The average molecular weight is 284 g/mol. The molecule has 0 bridgehead atoms. The standard InChI is InChI=1S/C14H24N2O4/c1-4-6-9-19-14(18)11(3)20-13(17)10-16-8-7-12(15)5-2/h5,7-8,11-12,16H,2,4,6,9-10,15H2,1,3H3/b8-7-. The molecule has 0 aliphatic carbocycles. The summed E-state index contributed by atoms with van der Waals surface area (Å²) in [5.41, 5.74) is 5.55. The second-order valence-electron chi connectivity index (χ2n) is 4.21. The lowest BCUT2D eigenvalue weighted by Gasteiger charge is -2.12. The predicted molar refractivity (Wildman–Crippen MR) is 76.7 cm³/mol. The number of ether oxygens (including phenoxy) is 2. The van der Waals surface area contributed by atoms with Crippen LogP contribution in [0.4, 0.5) is 0 Å². The van der Waals surface area contributed by atoms with Crippen LogP contribution < -0.4 is 11.1 Å². The molecule has 0 aliphatic heterocycles. The largest absolute Gasteiger partial charge is 0.463 e. The highest BCUT2D eigenvalue weighted by atomic mass is 16.6. The van der Waals surface area contributed by atoms with Gasteiger partial charge in [-0.2, -0.15) is 0 Å². The van der Waals surface area contributed by atoms with Crippen molar-refractivity contribution in [3.63, 3.8) is 0 Å². The molecule has 0 saturated heterocycles. The maximum Gasteiger partial charge on any atom is 0.347 e. The molecule has 0 aliphatic rings. The minimum absolute atomic E-state index is 0.0487. The van der Waals surface area contributed by atoms with Gasteiger partial charge in [0.1, 0.15) is 6.54 Å². The van der Waals surface area contributed by atoms with Gasteiger partial charge >= 0.3 is 11.9 Å². The minimum atomic E-state index is -0.902. The number of nitrogens with two attached hydrogens (primary N) is 1. The van der Waals surface area contributed by atoms with E-state index in [1.165, 1.54) is 13.1 Å². The van der Waals surface area contributed by atoms with Gasteiger partial charge in [0.2, 0.25) is 0 Å². The molecule has 0 amide bonds.